The smallest absolute Gasteiger partial charge is 0.287 e. The van der Waals surface area contributed by atoms with Crippen molar-refractivity contribution < 1.29 is 18.3 Å². The van der Waals surface area contributed by atoms with Gasteiger partial charge in [0.1, 0.15) is 11.6 Å². The first kappa shape index (κ1) is 20.6. The van der Waals surface area contributed by atoms with Gasteiger partial charge < -0.3 is 14.5 Å². The van der Waals surface area contributed by atoms with Gasteiger partial charge in [0.05, 0.1) is 19.3 Å². The zero-order valence-electron chi connectivity index (χ0n) is 16.3. The lowest BCUT2D eigenvalue weighted by atomic mass is 10.0. The van der Waals surface area contributed by atoms with Crippen LogP contribution in [-0.2, 0) is 4.74 Å². The number of furan rings is 1. The molecule has 7 heteroatoms. The third-order valence-corrected chi connectivity index (χ3v) is 5.41. The first-order valence-corrected chi connectivity index (χ1v) is 10.2. The molecule has 3 aromatic rings. The molecule has 2 aromatic carbocycles. The molecule has 0 bridgehead atoms. The van der Waals surface area contributed by atoms with Crippen molar-refractivity contribution in [2.24, 2.45) is 0 Å². The van der Waals surface area contributed by atoms with E-state index in [2.05, 4.69) is 10.2 Å². The molecular weight excluding hydrogens is 407 g/mol. The summed E-state index contributed by atoms with van der Waals surface area (Å²) in [6, 6.07) is 17.0. The van der Waals surface area contributed by atoms with Crippen LogP contribution in [0.4, 0.5) is 4.39 Å². The fourth-order valence-corrected chi connectivity index (χ4v) is 3.66. The topological polar surface area (TPSA) is 54.7 Å². The number of amides is 1. The molecule has 1 atom stereocenters. The number of nitrogens with one attached hydrogen (secondary N) is 1. The highest BCUT2D eigenvalue weighted by Crippen LogP contribution is 2.25. The Kier molecular flexibility index (Phi) is 6.47. The summed E-state index contributed by atoms with van der Waals surface area (Å²) in [5.41, 5.74) is 1.79. The molecule has 5 nitrogen and oxygen atoms in total. The Morgan fingerprint density at radius 3 is 2.43 bits per heavy atom. The molecule has 4 rings (SSSR count). The Morgan fingerprint density at radius 1 is 1.03 bits per heavy atom. The maximum absolute atomic E-state index is 13.4. The van der Waals surface area contributed by atoms with Gasteiger partial charge in [0.25, 0.3) is 5.91 Å². The van der Waals surface area contributed by atoms with E-state index in [-0.39, 0.29) is 23.5 Å². The number of carbonyl (C=O) groups is 1. The van der Waals surface area contributed by atoms with Gasteiger partial charge in [-0.1, -0.05) is 23.7 Å². The molecule has 1 amide bonds. The van der Waals surface area contributed by atoms with Crippen molar-refractivity contribution in [3.8, 4) is 11.3 Å². The van der Waals surface area contributed by atoms with E-state index in [0.29, 0.717) is 30.5 Å². The van der Waals surface area contributed by atoms with E-state index >= 15 is 0 Å². The molecule has 2 heterocycles. The standard InChI is InChI=1S/C23H22ClFN2O3/c24-18-5-1-17(2-6-18)21-9-10-22(30-21)23(28)26-15-20(27-11-13-29-14-12-27)16-3-7-19(25)8-4-16/h1-10,20H,11-15H2,(H,26,28)/t20-/m0/s1. The summed E-state index contributed by atoms with van der Waals surface area (Å²) in [6.07, 6.45) is 0. The van der Waals surface area contributed by atoms with Crippen molar-refractivity contribution in [1.29, 1.82) is 0 Å². The normalized spacial score (nSPS) is 15.7. The molecule has 1 aromatic heterocycles. The van der Waals surface area contributed by atoms with Gasteiger partial charge in [0.2, 0.25) is 0 Å². The molecule has 30 heavy (non-hydrogen) atoms. The van der Waals surface area contributed by atoms with Crippen LogP contribution in [-0.4, -0.2) is 43.7 Å². The van der Waals surface area contributed by atoms with E-state index < -0.39 is 0 Å². The lowest BCUT2D eigenvalue weighted by Gasteiger charge is -2.34. The van der Waals surface area contributed by atoms with E-state index in [9.17, 15) is 9.18 Å². The van der Waals surface area contributed by atoms with Gasteiger partial charge in [-0.2, -0.15) is 0 Å². The number of nitrogens with zero attached hydrogens (tertiary/aromatic N) is 1. The van der Waals surface area contributed by atoms with Crippen molar-refractivity contribution in [3.63, 3.8) is 0 Å². The molecule has 156 valence electrons. The van der Waals surface area contributed by atoms with Crippen molar-refractivity contribution in [3.05, 3.63) is 82.8 Å². The first-order chi connectivity index (χ1) is 14.6. The highest BCUT2D eigenvalue weighted by Gasteiger charge is 2.24. The van der Waals surface area contributed by atoms with E-state index in [4.69, 9.17) is 20.8 Å². The van der Waals surface area contributed by atoms with Crippen molar-refractivity contribution in [2.45, 2.75) is 6.04 Å². The minimum absolute atomic E-state index is 0.0795. The van der Waals surface area contributed by atoms with E-state index in [1.54, 1.807) is 36.4 Å². The lowest BCUT2D eigenvalue weighted by molar-refractivity contribution is 0.0161. The summed E-state index contributed by atoms with van der Waals surface area (Å²) >= 11 is 5.92. The van der Waals surface area contributed by atoms with Crippen LogP contribution < -0.4 is 5.32 Å². The van der Waals surface area contributed by atoms with Gasteiger partial charge in [-0.3, -0.25) is 9.69 Å². The summed E-state index contributed by atoms with van der Waals surface area (Å²) in [5.74, 6) is 0.254. The SMILES string of the molecule is O=C(NC[C@@H](c1ccc(F)cc1)N1CCOCC1)c1ccc(-c2ccc(Cl)cc2)o1. The average molecular weight is 429 g/mol. The zero-order chi connectivity index (χ0) is 20.9. The monoisotopic (exact) mass is 428 g/mol. The van der Waals surface area contributed by atoms with Crippen molar-refractivity contribution in [1.82, 2.24) is 10.2 Å². The fourth-order valence-electron chi connectivity index (χ4n) is 3.54. The van der Waals surface area contributed by atoms with Crippen LogP contribution in [0.5, 0.6) is 0 Å². The molecule has 0 unspecified atom stereocenters. The zero-order valence-corrected chi connectivity index (χ0v) is 17.1. The number of hydrogen-bond acceptors (Lipinski definition) is 4. The second-order valence-electron chi connectivity index (χ2n) is 7.10. The second-order valence-corrected chi connectivity index (χ2v) is 7.53. The Hall–Kier alpha value is -2.67. The van der Waals surface area contributed by atoms with Crippen LogP contribution in [0.3, 0.4) is 0 Å². The molecular formula is C23H22ClFN2O3. The van der Waals surface area contributed by atoms with E-state index in [1.165, 1.54) is 12.1 Å². The van der Waals surface area contributed by atoms with Gasteiger partial charge in [-0.05, 0) is 54.1 Å². The van der Waals surface area contributed by atoms with Crippen molar-refractivity contribution in [2.75, 3.05) is 32.8 Å². The average Bonchev–Trinajstić information content (AvgIpc) is 3.27. The number of benzene rings is 2. The predicted molar refractivity (Wildman–Crippen MR) is 113 cm³/mol. The first-order valence-electron chi connectivity index (χ1n) is 9.81. The van der Waals surface area contributed by atoms with Gasteiger partial charge in [0.15, 0.2) is 5.76 Å². The number of ether oxygens (including phenoxy) is 1. The highest BCUT2D eigenvalue weighted by molar-refractivity contribution is 6.30. The fraction of sp³-hybridized carbons (Fsp3) is 0.261. The third kappa shape index (κ3) is 4.90. The van der Waals surface area contributed by atoms with Crippen LogP contribution in [0.2, 0.25) is 5.02 Å². The van der Waals surface area contributed by atoms with Gasteiger partial charge >= 0.3 is 0 Å². The van der Waals surface area contributed by atoms with E-state index in [0.717, 1.165) is 24.2 Å². The van der Waals surface area contributed by atoms with E-state index in [1.807, 2.05) is 12.1 Å². The number of rotatable bonds is 6. The maximum Gasteiger partial charge on any atom is 0.287 e. The summed E-state index contributed by atoms with van der Waals surface area (Å²) in [6.45, 7) is 3.14. The van der Waals surface area contributed by atoms with Gasteiger partial charge in [0, 0.05) is 30.2 Å². The third-order valence-electron chi connectivity index (χ3n) is 5.16. The Balaban J connectivity index is 1.45. The van der Waals surface area contributed by atoms with Gasteiger partial charge in [-0.25, -0.2) is 4.39 Å². The minimum atomic E-state index is -0.296. The molecule has 0 spiro atoms. The van der Waals surface area contributed by atoms with Crippen LogP contribution in [0.15, 0.2) is 65.1 Å². The number of carbonyl (C=O) groups excluding carboxylic acids is 1. The van der Waals surface area contributed by atoms with Gasteiger partial charge in [-0.15, -0.1) is 0 Å². The van der Waals surface area contributed by atoms with Crippen LogP contribution in [0.25, 0.3) is 11.3 Å². The summed E-state index contributed by atoms with van der Waals surface area (Å²) in [7, 11) is 0. The molecule has 1 aliphatic rings. The lowest BCUT2D eigenvalue weighted by Crippen LogP contribution is -2.43. The largest absolute Gasteiger partial charge is 0.451 e. The Labute approximate surface area is 179 Å². The second kappa shape index (κ2) is 9.43. The molecule has 1 fully saturated rings. The maximum atomic E-state index is 13.4. The van der Waals surface area contributed by atoms with Crippen LogP contribution in [0.1, 0.15) is 22.2 Å². The predicted octanol–water partition coefficient (Wildman–Crippen LogP) is 4.54. The minimum Gasteiger partial charge on any atom is -0.451 e. The Morgan fingerprint density at radius 2 is 1.73 bits per heavy atom. The molecule has 1 aliphatic heterocycles. The number of hydrogen-bond donors (Lipinski definition) is 1. The number of halogens is 2. The molecule has 0 saturated carbocycles. The summed E-state index contributed by atoms with van der Waals surface area (Å²) in [5, 5.41) is 3.59. The summed E-state index contributed by atoms with van der Waals surface area (Å²) in [4.78, 5) is 14.9. The van der Waals surface area contributed by atoms with Crippen molar-refractivity contribution >= 4 is 17.5 Å². The summed E-state index contributed by atoms with van der Waals surface area (Å²) < 4.78 is 24.5. The quantitative estimate of drug-likeness (QED) is 0.626. The van der Waals surface area contributed by atoms with Crippen LogP contribution >= 0.6 is 11.6 Å². The molecule has 1 N–H and O–H groups in total. The van der Waals surface area contributed by atoms with Crippen LogP contribution in [0, 0.1) is 5.82 Å². The molecule has 1 saturated heterocycles. The Bertz CT molecular complexity index is 982. The molecule has 0 radical (unpaired) electrons. The highest BCUT2D eigenvalue weighted by atomic mass is 35.5. The molecule has 0 aliphatic carbocycles. The number of morpholine rings is 1.